The number of benzene rings is 1. The van der Waals surface area contributed by atoms with Crippen LogP contribution < -0.4 is 4.74 Å². The highest BCUT2D eigenvalue weighted by atomic mass is 16.7. The van der Waals surface area contributed by atoms with Crippen molar-refractivity contribution in [1.29, 1.82) is 0 Å². The minimum atomic E-state index is -0.661. The van der Waals surface area contributed by atoms with Gasteiger partial charge in [-0.3, -0.25) is 0 Å². The molecule has 0 aliphatic rings. The van der Waals surface area contributed by atoms with Crippen LogP contribution in [0.4, 0.5) is 4.79 Å². The van der Waals surface area contributed by atoms with Gasteiger partial charge in [0.1, 0.15) is 11.4 Å². The zero-order valence-electron chi connectivity index (χ0n) is 10.9. The highest BCUT2D eigenvalue weighted by Gasteiger charge is 2.17. The molecule has 0 unspecified atom stereocenters. The first-order chi connectivity index (χ1) is 7.90. The van der Waals surface area contributed by atoms with Crippen LogP contribution in [-0.2, 0) is 11.2 Å². The van der Waals surface area contributed by atoms with Crippen molar-refractivity contribution >= 4 is 6.16 Å². The van der Waals surface area contributed by atoms with Crippen molar-refractivity contribution < 1.29 is 14.3 Å². The molecule has 3 heteroatoms. The normalized spacial score (nSPS) is 11.1. The Morgan fingerprint density at radius 2 is 2.00 bits per heavy atom. The molecule has 1 aromatic rings. The molecule has 0 atom stereocenters. The Morgan fingerprint density at radius 3 is 2.59 bits per heavy atom. The molecule has 0 N–H and O–H groups in total. The summed E-state index contributed by atoms with van der Waals surface area (Å²) in [6, 6.07) is 7.52. The lowest BCUT2D eigenvalue weighted by Gasteiger charge is -2.18. The first-order valence-electron chi connectivity index (χ1n) is 5.90. The summed E-state index contributed by atoms with van der Waals surface area (Å²) in [5.41, 5.74) is 0.631. The van der Waals surface area contributed by atoms with Crippen molar-refractivity contribution in [2.75, 3.05) is 0 Å². The van der Waals surface area contributed by atoms with Crippen LogP contribution in [0.25, 0.3) is 0 Å². The van der Waals surface area contributed by atoms with E-state index in [1.807, 2.05) is 39.0 Å². The molecule has 17 heavy (non-hydrogen) atoms. The summed E-state index contributed by atoms with van der Waals surface area (Å²) >= 11 is 0. The van der Waals surface area contributed by atoms with Gasteiger partial charge in [-0.1, -0.05) is 25.5 Å². The van der Waals surface area contributed by atoms with Crippen LogP contribution >= 0.6 is 0 Å². The fraction of sp³-hybridized carbons (Fsp3) is 0.500. The lowest BCUT2D eigenvalue weighted by atomic mass is 10.1. The molecule has 1 rings (SSSR count). The average molecular weight is 236 g/mol. The maximum atomic E-state index is 11.5. The van der Waals surface area contributed by atoms with E-state index in [-0.39, 0.29) is 0 Å². The summed E-state index contributed by atoms with van der Waals surface area (Å²) < 4.78 is 10.2. The number of aryl methyl sites for hydroxylation is 1. The molecule has 0 saturated carbocycles. The number of hydrogen-bond acceptors (Lipinski definition) is 3. The fourth-order valence-corrected chi connectivity index (χ4v) is 1.42. The van der Waals surface area contributed by atoms with Crippen molar-refractivity contribution in [2.24, 2.45) is 0 Å². The molecule has 3 nitrogen and oxygen atoms in total. The van der Waals surface area contributed by atoms with E-state index < -0.39 is 11.8 Å². The quantitative estimate of drug-likeness (QED) is 0.588. The highest BCUT2D eigenvalue weighted by Crippen LogP contribution is 2.16. The molecular weight excluding hydrogens is 216 g/mol. The number of carbonyl (C=O) groups excluding carboxylic acids is 1. The van der Waals surface area contributed by atoms with Crippen LogP contribution in [0.3, 0.4) is 0 Å². The van der Waals surface area contributed by atoms with Gasteiger partial charge >= 0.3 is 6.16 Å². The zero-order chi connectivity index (χ0) is 12.9. The Labute approximate surface area is 103 Å². The van der Waals surface area contributed by atoms with Crippen LogP contribution in [0.15, 0.2) is 24.3 Å². The molecule has 0 fully saturated rings. The van der Waals surface area contributed by atoms with E-state index in [1.54, 1.807) is 6.07 Å². The van der Waals surface area contributed by atoms with Crippen LogP contribution in [-0.4, -0.2) is 11.8 Å². The van der Waals surface area contributed by atoms with Gasteiger partial charge < -0.3 is 9.47 Å². The Morgan fingerprint density at radius 1 is 1.29 bits per heavy atom. The first-order valence-corrected chi connectivity index (χ1v) is 5.90. The van der Waals surface area contributed by atoms with Gasteiger partial charge in [-0.2, -0.15) is 0 Å². The second kappa shape index (κ2) is 5.71. The van der Waals surface area contributed by atoms with E-state index in [2.05, 4.69) is 6.92 Å². The predicted octanol–water partition coefficient (Wildman–Crippen LogP) is 3.95. The summed E-state index contributed by atoms with van der Waals surface area (Å²) in [6.07, 6.45) is 1.38. The molecule has 0 aromatic heterocycles. The molecule has 0 amide bonds. The monoisotopic (exact) mass is 236 g/mol. The van der Waals surface area contributed by atoms with Crippen molar-refractivity contribution in [3.63, 3.8) is 0 Å². The maximum Gasteiger partial charge on any atom is 0.514 e. The van der Waals surface area contributed by atoms with Gasteiger partial charge in [0.2, 0.25) is 0 Å². The van der Waals surface area contributed by atoms with Crippen LogP contribution in [0.1, 0.15) is 39.7 Å². The molecule has 0 aliphatic heterocycles. The number of ether oxygens (including phenoxy) is 2. The Kier molecular flexibility index (Phi) is 4.55. The van der Waals surface area contributed by atoms with Gasteiger partial charge in [-0.15, -0.1) is 0 Å². The Bertz CT molecular complexity index is 377. The van der Waals surface area contributed by atoms with E-state index in [0.717, 1.165) is 18.4 Å². The molecule has 0 aliphatic carbocycles. The van der Waals surface area contributed by atoms with E-state index in [9.17, 15) is 4.79 Å². The van der Waals surface area contributed by atoms with Gasteiger partial charge in [0.05, 0.1) is 0 Å². The summed E-state index contributed by atoms with van der Waals surface area (Å²) in [5, 5.41) is 0. The number of hydrogen-bond donors (Lipinski definition) is 0. The molecule has 0 heterocycles. The van der Waals surface area contributed by atoms with E-state index in [1.165, 1.54) is 0 Å². The van der Waals surface area contributed by atoms with Crippen molar-refractivity contribution in [3.05, 3.63) is 29.8 Å². The van der Waals surface area contributed by atoms with Crippen LogP contribution in [0.5, 0.6) is 5.75 Å². The first kappa shape index (κ1) is 13.6. The molecule has 0 spiro atoms. The second-order valence-corrected chi connectivity index (χ2v) is 4.96. The summed E-state index contributed by atoms with van der Waals surface area (Å²) in [4.78, 5) is 11.5. The van der Waals surface area contributed by atoms with E-state index in [4.69, 9.17) is 9.47 Å². The predicted molar refractivity (Wildman–Crippen MR) is 67.3 cm³/mol. The zero-order valence-corrected chi connectivity index (χ0v) is 10.9. The largest absolute Gasteiger partial charge is 0.514 e. The molecule has 0 radical (unpaired) electrons. The third kappa shape index (κ3) is 5.38. The van der Waals surface area contributed by atoms with E-state index in [0.29, 0.717) is 5.75 Å². The third-order valence-corrected chi connectivity index (χ3v) is 2.03. The number of rotatable bonds is 3. The van der Waals surface area contributed by atoms with Crippen molar-refractivity contribution in [1.82, 2.24) is 0 Å². The Balaban J connectivity index is 2.62. The maximum absolute atomic E-state index is 11.5. The molecule has 0 saturated heterocycles. The van der Waals surface area contributed by atoms with Gasteiger partial charge in [0.25, 0.3) is 0 Å². The van der Waals surface area contributed by atoms with Gasteiger partial charge in [0.15, 0.2) is 0 Å². The Hall–Kier alpha value is -1.51. The standard InChI is InChI=1S/C14H20O3/c1-5-7-11-8-6-9-12(10-11)16-13(15)17-14(2,3)4/h6,8-10H,5,7H2,1-4H3. The van der Waals surface area contributed by atoms with Gasteiger partial charge in [-0.05, 0) is 44.9 Å². The minimum Gasteiger partial charge on any atom is -0.428 e. The average Bonchev–Trinajstić information content (AvgIpc) is 2.15. The summed E-state index contributed by atoms with van der Waals surface area (Å²) in [7, 11) is 0. The van der Waals surface area contributed by atoms with Crippen molar-refractivity contribution in [3.8, 4) is 5.75 Å². The van der Waals surface area contributed by atoms with E-state index >= 15 is 0 Å². The minimum absolute atomic E-state index is 0.530. The second-order valence-electron chi connectivity index (χ2n) is 4.96. The molecule has 0 bridgehead atoms. The van der Waals surface area contributed by atoms with Gasteiger partial charge in [0, 0.05) is 0 Å². The molecule has 1 aromatic carbocycles. The molecule has 94 valence electrons. The summed E-state index contributed by atoms with van der Waals surface area (Å²) in [6.45, 7) is 7.53. The summed E-state index contributed by atoms with van der Waals surface area (Å²) in [5.74, 6) is 0.533. The SMILES string of the molecule is CCCc1cccc(OC(=O)OC(C)(C)C)c1. The van der Waals surface area contributed by atoms with Crippen LogP contribution in [0.2, 0.25) is 0 Å². The lowest BCUT2D eigenvalue weighted by Crippen LogP contribution is -2.25. The third-order valence-electron chi connectivity index (χ3n) is 2.03. The molecular formula is C14H20O3. The van der Waals surface area contributed by atoms with Crippen molar-refractivity contribution in [2.45, 2.75) is 46.1 Å². The van der Waals surface area contributed by atoms with Gasteiger partial charge in [-0.25, -0.2) is 4.79 Å². The number of carbonyl (C=O) groups is 1. The highest BCUT2D eigenvalue weighted by molar-refractivity contribution is 5.64. The lowest BCUT2D eigenvalue weighted by molar-refractivity contribution is 0.0206. The fourth-order valence-electron chi connectivity index (χ4n) is 1.42. The van der Waals surface area contributed by atoms with Crippen LogP contribution in [0, 0.1) is 0 Å². The topological polar surface area (TPSA) is 35.5 Å². The smallest absolute Gasteiger partial charge is 0.428 e.